The quantitative estimate of drug-likeness (QED) is 0.783. The molecule has 3 nitrogen and oxygen atoms in total. The number of nitrogens with zero attached hydrogens (tertiary/aromatic N) is 1. The Labute approximate surface area is 102 Å². The SMILES string of the molecule is CNCc1noc2c1Cc1cc(Br)ccc1-2. The van der Waals surface area contributed by atoms with Crippen LogP contribution < -0.4 is 5.32 Å². The molecule has 3 rings (SSSR count). The third-order valence-corrected chi connectivity index (χ3v) is 3.39. The van der Waals surface area contributed by atoms with Crippen LogP contribution in [0.2, 0.25) is 0 Å². The number of nitrogens with one attached hydrogen (secondary N) is 1. The highest BCUT2D eigenvalue weighted by Crippen LogP contribution is 2.39. The average Bonchev–Trinajstić information content (AvgIpc) is 2.78. The molecule has 1 heterocycles. The van der Waals surface area contributed by atoms with Crippen molar-refractivity contribution in [1.29, 1.82) is 0 Å². The Hall–Kier alpha value is -1.13. The van der Waals surface area contributed by atoms with Crippen LogP contribution in [0.3, 0.4) is 0 Å². The summed E-state index contributed by atoms with van der Waals surface area (Å²) in [5.41, 5.74) is 4.73. The van der Waals surface area contributed by atoms with E-state index in [0.29, 0.717) is 0 Å². The Morgan fingerprint density at radius 3 is 3.19 bits per heavy atom. The maximum Gasteiger partial charge on any atom is 0.170 e. The van der Waals surface area contributed by atoms with E-state index in [2.05, 4.69) is 38.5 Å². The van der Waals surface area contributed by atoms with Crippen molar-refractivity contribution in [3.05, 3.63) is 39.5 Å². The van der Waals surface area contributed by atoms with Crippen molar-refractivity contribution in [2.24, 2.45) is 0 Å². The Balaban J connectivity index is 2.10. The third-order valence-electron chi connectivity index (χ3n) is 2.89. The van der Waals surface area contributed by atoms with Crippen LogP contribution in [0.15, 0.2) is 27.2 Å². The van der Waals surface area contributed by atoms with E-state index in [1.54, 1.807) is 0 Å². The summed E-state index contributed by atoms with van der Waals surface area (Å²) in [6, 6.07) is 6.27. The van der Waals surface area contributed by atoms with Crippen LogP contribution in [-0.2, 0) is 13.0 Å². The number of hydrogen-bond acceptors (Lipinski definition) is 3. The van der Waals surface area contributed by atoms with Gasteiger partial charge >= 0.3 is 0 Å². The van der Waals surface area contributed by atoms with E-state index >= 15 is 0 Å². The van der Waals surface area contributed by atoms with Crippen molar-refractivity contribution >= 4 is 15.9 Å². The van der Waals surface area contributed by atoms with Crippen LogP contribution in [0, 0.1) is 0 Å². The normalized spacial score (nSPS) is 12.6. The van der Waals surface area contributed by atoms with Crippen LogP contribution in [0.1, 0.15) is 16.8 Å². The van der Waals surface area contributed by atoms with E-state index in [0.717, 1.165) is 28.9 Å². The Morgan fingerprint density at radius 2 is 2.38 bits per heavy atom. The van der Waals surface area contributed by atoms with Crippen LogP contribution in [-0.4, -0.2) is 12.2 Å². The second-order valence-electron chi connectivity index (χ2n) is 3.95. The number of hydrogen-bond donors (Lipinski definition) is 1. The molecule has 0 bridgehead atoms. The van der Waals surface area contributed by atoms with E-state index < -0.39 is 0 Å². The summed E-state index contributed by atoms with van der Waals surface area (Å²) >= 11 is 3.49. The highest BCUT2D eigenvalue weighted by Gasteiger charge is 2.26. The predicted octanol–water partition coefficient (Wildman–Crippen LogP) is 2.73. The van der Waals surface area contributed by atoms with Gasteiger partial charge in [-0.25, -0.2) is 0 Å². The minimum Gasteiger partial charge on any atom is -0.356 e. The fourth-order valence-electron chi connectivity index (χ4n) is 2.16. The molecule has 4 heteroatoms. The van der Waals surface area contributed by atoms with Crippen molar-refractivity contribution in [2.75, 3.05) is 7.05 Å². The molecule has 1 aromatic carbocycles. The Kier molecular flexibility index (Phi) is 2.33. The molecule has 0 unspecified atom stereocenters. The van der Waals surface area contributed by atoms with Crippen molar-refractivity contribution < 1.29 is 4.52 Å². The maximum absolute atomic E-state index is 5.42. The van der Waals surface area contributed by atoms with E-state index in [1.807, 2.05) is 13.1 Å². The van der Waals surface area contributed by atoms with Gasteiger partial charge in [-0.05, 0) is 30.8 Å². The molecule has 0 aliphatic heterocycles. The smallest absolute Gasteiger partial charge is 0.170 e. The highest BCUT2D eigenvalue weighted by molar-refractivity contribution is 9.10. The van der Waals surface area contributed by atoms with E-state index in [4.69, 9.17) is 4.52 Å². The van der Waals surface area contributed by atoms with Gasteiger partial charge in [0.05, 0.1) is 0 Å². The number of aromatic nitrogens is 1. The number of benzene rings is 1. The van der Waals surface area contributed by atoms with Crippen molar-refractivity contribution in [2.45, 2.75) is 13.0 Å². The minimum atomic E-state index is 0.758. The lowest BCUT2D eigenvalue weighted by Gasteiger charge is -1.99. The van der Waals surface area contributed by atoms with Crippen LogP contribution in [0.5, 0.6) is 0 Å². The zero-order valence-electron chi connectivity index (χ0n) is 8.88. The Bertz CT molecular complexity index is 548. The molecule has 0 saturated carbocycles. The zero-order chi connectivity index (χ0) is 11.1. The van der Waals surface area contributed by atoms with Gasteiger partial charge in [-0.2, -0.15) is 0 Å². The topological polar surface area (TPSA) is 38.1 Å². The van der Waals surface area contributed by atoms with Gasteiger partial charge in [-0.1, -0.05) is 21.1 Å². The minimum absolute atomic E-state index is 0.758. The van der Waals surface area contributed by atoms with Crippen molar-refractivity contribution in [1.82, 2.24) is 10.5 Å². The van der Waals surface area contributed by atoms with Gasteiger partial charge in [-0.15, -0.1) is 0 Å². The zero-order valence-corrected chi connectivity index (χ0v) is 10.5. The highest BCUT2D eigenvalue weighted by atomic mass is 79.9. The summed E-state index contributed by atoms with van der Waals surface area (Å²) in [7, 11) is 1.92. The first kappa shape index (κ1) is 10.1. The first-order valence-corrected chi connectivity index (χ1v) is 5.99. The molecule has 0 saturated heterocycles. The lowest BCUT2D eigenvalue weighted by atomic mass is 10.1. The fourth-order valence-corrected chi connectivity index (χ4v) is 2.57. The van der Waals surface area contributed by atoms with Gasteiger partial charge in [0, 0.05) is 28.6 Å². The molecule has 1 aromatic heterocycles. The van der Waals surface area contributed by atoms with Gasteiger partial charge in [0.15, 0.2) is 5.76 Å². The number of halogens is 1. The lowest BCUT2D eigenvalue weighted by Crippen LogP contribution is -2.07. The van der Waals surface area contributed by atoms with Crippen LogP contribution in [0.4, 0.5) is 0 Å². The summed E-state index contributed by atoms with van der Waals surface area (Å²) in [5, 5.41) is 7.21. The predicted molar refractivity (Wildman–Crippen MR) is 65.2 cm³/mol. The maximum atomic E-state index is 5.42. The summed E-state index contributed by atoms with van der Waals surface area (Å²) in [4.78, 5) is 0. The van der Waals surface area contributed by atoms with Crippen molar-refractivity contribution in [3.8, 4) is 11.3 Å². The van der Waals surface area contributed by atoms with Crippen LogP contribution in [0.25, 0.3) is 11.3 Å². The largest absolute Gasteiger partial charge is 0.356 e. The number of rotatable bonds is 2. The Morgan fingerprint density at radius 1 is 1.50 bits per heavy atom. The molecule has 2 aromatic rings. The lowest BCUT2D eigenvalue weighted by molar-refractivity contribution is 0.421. The van der Waals surface area contributed by atoms with Gasteiger partial charge in [0.1, 0.15) is 5.69 Å². The van der Waals surface area contributed by atoms with E-state index in [-0.39, 0.29) is 0 Å². The molecule has 1 aliphatic rings. The average molecular weight is 279 g/mol. The van der Waals surface area contributed by atoms with Crippen molar-refractivity contribution in [3.63, 3.8) is 0 Å². The second-order valence-corrected chi connectivity index (χ2v) is 4.86. The third kappa shape index (κ3) is 1.41. The molecule has 82 valence electrons. The van der Waals surface area contributed by atoms with Gasteiger partial charge in [0.2, 0.25) is 0 Å². The van der Waals surface area contributed by atoms with Gasteiger partial charge < -0.3 is 9.84 Å². The molecule has 0 amide bonds. The molecule has 0 radical (unpaired) electrons. The van der Waals surface area contributed by atoms with Gasteiger partial charge in [0.25, 0.3) is 0 Å². The first-order valence-electron chi connectivity index (χ1n) is 5.20. The molecule has 1 aliphatic carbocycles. The first-order chi connectivity index (χ1) is 7.79. The molecule has 1 N–H and O–H groups in total. The molecule has 0 fully saturated rings. The van der Waals surface area contributed by atoms with E-state index in [1.165, 1.54) is 16.7 Å². The summed E-state index contributed by atoms with van der Waals surface area (Å²) < 4.78 is 6.53. The number of fused-ring (bicyclic) bond motifs is 3. The standard InChI is InChI=1S/C12H11BrN2O/c1-14-6-11-10-5-7-4-8(13)2-3-9(7)12(10)16-15-11/h2-4,14H,5-6H2,1H3. The molecular formula is C12H11BrN2O. The molecule has 0 spiro atoms. The summed E-state index contributed by atoms with van der Waals surface area (Å²) in [6.07, 6.45) is 0.921. The van der Waals surface area contributed by atoms with E-state index in [9.17, 15) is 0 Å². The summed E-state index contributed by atoms with van der Waals surface area (Å²) in [5.74, 6) is 0.938. The summed E-state index contributed by atoms with van der Waals surface area (Å²) in [6.45, 7) is 0.758. The fraction of sp³-hybridized carbons (Fsp3) is 0.250. The molecular weight excluding hydrogens is 268 g/mol. The molecule has 0 atom stereocenters. The second kappa shape index (κ2) is 3.71. The molecule has 16 heavy (non-hydrogen) atoms. The monoisotopic (exact) mass is 278 g/mol. The van der Waals surface area contributed by atoms with Gasteiger partial charge in [-0.3, -0.25) is 0 Å². The van der Waals surface area contributed by atoms with Crippen LogP contribution >= 0.6 is 15.9 Å².